The molecule has 1 saturated heterocycles. The number of hydrogen-bond donors (Lipinski definition) is 0. The lowest BCUT2D eigenvalue weighted by Crippen LogP contribution is -2.37. The molecule has 5 nitrogen and oxygen atoms in total. The maximum absolute atomic E-state index is 14.1. The summed E-state index contributed by atoms with van der Waals surface area (Å²) in [6, 6.07) is 10.0. The highest BCUT2D eigenvalue weighted by Crippen LogP contribution is 2.28. The fourth-order valence-corrected chi connectivity index (χ4v) is 3.86. The molecule has 1 aromatic heterocycles. The van der Waals surface area contributed by atoms with Gasteiger partial charge < -0.3 is 4.90 Å². The van der Waals surface area contributed by atoms with E-state index in [1.54, 1.807) is 28.9 Å². The van der Waals surface area contributed by atoms with Crippen molar-refractivity contribution in [3.63, 3.8) is 0 Å². The summed E-state index contributed by atoms with van der Waals surface area (Å²) in [7, 11) is 1.81. The second-order valence-corrected chi connectivity index (χ2v) is 7.02. The van der Waals surface area contributed by atoms with Gasteiger partial charge in [0.1, 0.15) is 11.3 Å². The molecule has 26 heavy (non-hydrogen) atoms. The minimum atomic E-state index is -0.322. The number of hydrogen-bond acceptors (Lipinski definition) is 3. The topological polar surface area (TPSA) is 51.0 Å². The highest BCUT2D eigenvalue weighted by atomic mass is 35.5. The molecule has 0 aliphatic carbocycles. The number of amides is 1. The number of carbonyl (C=O) groups is 1. The third kappa shape index (κ3) is 2.94. The van der Waals surface area contributed by atoms with Crippen LogP contribution in [-0.4, -0.2) is 38.4 Å². The number of carbonyl (C=O) groups excluding carboxylic acids is 1. The van der Waals surface area contributed by atoms with Crippen LogP contribution in [0.15, 0.2) is 36.4 Å². The first kappa shape index (κ1) is 17.0. The number of aryl methyl sites for hydroxylation is 1. The lowest BCUT2D eigenvalue weighted by atomic mass is 10.0. The first-order chi connectivity index (χ1) is 12.5. The SMILES string of the molecule is Cn1nnc2cc(C(=O)N3CCCC3Cc3c(F)cccc3Cl)ccc21. The average molecular weight is 373 g/mol. The van der Waals surface area contributed by atoms with Gasteiger partial charge in [-0.3, -0.25) is 4.79 Å². The Kier molecular flexibility index (Phi) is 4.36. The Morgan fingerprint density at radius 1 is 1.35 bits per heavy atom. The zero-order valence-corrected chi connectivity index (χ0v) is 15.1. The summed E-state index contributed by atoms with van der Waals surface area (Å²) in [5.41, 5.74) is 2.61. The van der Waals surface area contributed by atoms with Gasteiger partial charge in [0.15, 0.2) is 0 Å². The summed E-state index contributed by atoms with van der Waals surface area (Å²) in [5, 5.41) is 8.45. The van der Waals surface area contributed by atoms with E-state index in [4.69, 9.17) is 11.6 Å². The van der Waals surface area contributed by atoms with E-state index < -0.39 is 0 Å². The number of likely N-dealkylation sites (tertiary alicyclic amines) is 1. The van der Waals surface area contributed by atoms with Gasteiger partial charge >= 0.3 is 0 Å². The molecule has 3 aromatic rings. The highest BCUT2D eigenvalue weighted by molar-refractivity contribution is 6.31. The van der Waals surface area contributed by atoms with Crippen LogP contribution >= 0.6 is 11.6 Å². The van der Waals surface area contributed by atoms with E-state index in [0.29, 0.717) is 34.6 Å². The number of rotatable bonds is 3. The number of nitrogens with zero attached hydrogens (tertiary/aromatic N) is 4. The van der Waals surface area contributed by atoms with Gasteiger partial charge in [-0.25, -0.2) is 9.07 Å². The van der Waals surface area contributed by atoms with E-state index in [1.165, 1.54) is 6.07 Å². The fourth-order valence-electron chi connectivity index (χ4n) is 3.62. The third-order valence-corrected chi connectivity index (χ3v) is 5.35. The smallest absolute Gasteiger partial charge is 0.254 e. The van der Waals surface area contributed by atoms with Crippen LogP contribution in [0, 0.1) is 5.82 Å². The molecule has 2 heterocycles. The standard InChI is InChI=1S/C19H18ClFN4O/c1-24-18-8-7-12(10-17(18)22-23-24)19(26)25-9-3-4-13(25)11-14-15(20)5-2-6-16(14)21/h2,5-8,10,13H,3-4,9,11H2,1H3. The number of aromatic nitrogens is 3. The largest absolute Gasteiger partial charge is 0.335 e. The molecule has 0 spiro atoms. The molecular weight excluding hydrogens is 355 g/mol. The summed E-state index contributed by atoms with van der Waals surface area (Å²) < 4.78 is 15.8. The molecule has 1 aliphatic rings. The zero-order valence-electron chi connectivity index (χ0n) is 14.3. The van der Waals surface area contributed by atoms with Gasteiger partial charge in [-0.1, -0.05) is 22.9 Å². The van der Waals surface area contributed by atoms with Crippen molar-refractivity contribution in [2.45, 2.75) is 25.3 Å². The maximum Gasteiger partial charge on any atom is 0.254 e. The molecule has 1 unspecified atom stereocenters. The van der Waals surface area contributed by atoms with Gasteiger partial charge in [0.05, 0.1) is 5.52 Å². The minimum absolute atomic E-state index is 0.0607. The molecule has 7 heteroatoms. The van der Waals surface area contributed by atoms with Crippen LogP contribution in [0.4, 0.5) is 4.39 Å². The number of benzene rings is 2. The van der Waals surface area contributed by atoms with Gasteiger partial charge in [-0.15, -0.1) is 5.10 Å². The molecule has 1 fully saturated rings. The average Bonchev–Trinajstić information content (AvgIpc) is 3.24. The van der Waals surface area contributed by atoms with Crippen molar-refractivity contribution >= 4 is 28.5 Å². The Bertz CT molecular complexity index is 967. The van der Waals surface area contributed by atoms with Gasteiger partial charge in [0.2, 0.25) is 0 Å². The van der Waals surface area contributed by atoms with Gasteiger partial charge in [-0.05, 0) is 49.6 Å². The van der Waals surface area contributed by atoms with Gasteiger partial charge in [0, 0.05) is 35.8 Å². The van der Waals surface area contributed by atoms with Gasteiger partial charge in [-0.2, -0.15) is 0 Å². The second-order valence-electron chi connectivity index (χ2n) is 6.62. The van der Waals surface area contributed by atoms with Crippen molar-refractivity contribution in [3.05, 3.63) is 58.4 Å². The highest BCUT2D eigenvalue weighted by Gasteiger charge is 2.31. The van der Waals surface area contributed by atoms with Crippen molar-refractivity contribution in [2.75, 3.05) is 6.54 Å². The van der Waals surface area contributed by atoms with Crippen LogP contribution in [-0.2, 0) is 13.5 Å². The van der Waals surface area contributed by atoms with E-state index in [1.807, 2.05) is 18.0 Å². The Balaban J connectivity index is 1.59. The quantitative estimate of drug-likeness (QED) is 0.705. The molecule has 1 atom stereocenters. The summed E-state index contributed by atoms with van der Waals surface area (Å²) in [4.78, 5) is 14.8. The fraction of sp³-hybridized carbons (Fsp3) is 0.316. The van der Waals surface area contributed by atoms with E-state index in [9.17, 15) is 9.18 Å². The molecule has 1 aliphatic heterocycles. The minimum Gasteiger partial charge on any atom is -0.335 e. The summed E-state index contributed by atoms with van der Waals surface area (Å²) >= 11 is 6.16. The summed E-state index contributed by atoms with van der Waals surface area (Å²) in [6.45, 7) is 0.661. The molecule has 134 valence electrons. The molecular formula is C19H18ClFN4O. The molecule has 0 saturated carbocycles. The van der Waals surface area contributed by atoms with E-state index in [0.717, 1.165) is 18.4 Å². The van der Waals surface area contributed by atoms with Crippen molar-refractivity contribution < 1.29 is 9.18 Å². The Morgan fingerprint density at radius 2 is 2.19 bits per heavy atom. The molecule has 2 aromatic carbocycles. The predicted octanol–water partition coefficient (Wildman–Crippen LogP) is 3.61. The van der Waals surface area contributed by atoms with Crippen LogP contribution in [0.1, 0.15) is 28.8 Å². The lowest BCUT2D eigenvalue weighted by Gasteiger charge is -2.25. The van der Waals surface area contributed by atoms with E-state index >= 15 is 0 Å². The molecule has 0 radical (unpaired) electrons. The Labute approximate surface area is 155 Å². The predicted molar refractivity (Wildman–Crippen MR) is 97.7 cm³/mol. The second kappa shape index (κ2) is 6.68. The van der Waals surface area contributed by atoms with Crippen LogP contribution in [0.2, 0.25) is 5.02 Å². The monoisotopic (exact) mass is 372 g/mol. The zero-order chi connectivity index (χ0) is 18.3. The number of halogens is 2. The molecule has 0 bridgehead atoms. The van der Waals surface area contributed by atoms with Gasteiger partial charge in [0.25, 0.3) is 5.91 Å². The van der Waals surface area contributed by atoms with Crippen molar-refractivity contribution in [1.29, 1.82) is 0 Å². The molecule has 4 rings (SSSR count). The first-order valence-corrected chi connectivity index (χ1v) is 8.95. The molecule has 0 N–H and O–H groups in total. The van der Waals surface area contributed by atoms with Crippen molar-refractivity contribution in [1.82, 2.24) is 19.9 Å². The van der Waals surface area contributed by atoms with Crippen LogP contribution < -0.4 is 0 Å². The maximum atomic E-state index is 14.1. The Morgan fingerprint density at radius 3 is 3.00 bits per heavy atom. The van der Waals surface area contributed by atoms with E-state index in [-0.39, 0.29) is 17.8 Å². The first-order valence-electron chi connectivity index (χ1n) is 8.58. The van der Waals surface area contributed by atoms with Crippen molar-refractivity contribution in [2.24, 2.45) is 7.05 Å². The third-order valence-electron chi connectivity index (χ3n) is 5.00. The van der Waals surface area contributed by atoms with Crippen LogP contribution in [0.3, 0.4) is 0 Å². The summed E-state index contributed by atoms with van der Waals surface area (Å²) in [6.07, 6.45) is 2.16. The molecule has 1 amide bonds. The Hall–Kier alpha value is -2.47. The van der Waals surface area contributed by atoms with Crippen LogP contribution in [0.25, 0.3) is 11.0 Å². The van der Waals surface area contributed by atoms with Crippen molar-refractivity contribution in [3.8, 4) is 0 Å². The summed E-state index contributed by atoms with van der Waals surface area (Å²) in [5.74, 6) is -0.384. The van der Waals surface area contributed by atoms with E-state index in [2.05, 4.69) is 10.3 Å². The van der Waals surface area contributed by atoms with Crippen LogP contribution in [0.5, 0.6) is 0 Å². The normalized spacial score (nSPS) is 17.2. The lowest BCUT2D eigenvalue weighted by molar-refractivity contribution is 0.0736. The number of fused-ring (bicyclic) bond motifs is 1.